The fraction of sp³-hybridized carbons (Fsp3) is 0.455. The van der Waals surface area contributed by atoms with Crippen molar-refractivity contribution in [3.8, 4) is 0 Å². The maximum atomic E-state index is 13.0. The lowest BCUT2D eigenvalue weighted by molar-refractivity contribution is 0.579. The van der Waals surface area contributed by atoms with Crippen molar-refractivity contribution in [1.82, 2.24) is 10.0 Å². The third kappa shape index (κ3) is 6.44. The molecule has 0 unspecified atom stereocenters. The summed E-state index contributed by atoms with van der Waals surface area (Å²) in [5.41, 5.74) is 0.972. The quantitative estimate of drug-likeness (QED) is 0.742. The van der Waals surface area contributed by atoms with E-state index in [0.717, 1.165) is 11.8 Å². The summed E-state index contributed by atoms with van der Waals surface area (Å²) in [6, 6.07) is 4.84. The lowest BCUT2D eigenvalue weighted by Crippen LogP contribution is -2.26. The second-order valence-electron chi connectivity index (χ2n) is 3.95. The number of halogens is 2. The van der Waals surface area contributed by atoms with Crippen LogP contribution in [0.2, 0.25) is 0 Å². The Morgan fingerprint density at radius 1 is 1.33 bits per heavy atom. The first-order chi connectivity index (χ1) is 8.38. The maximum absolute atomic E-state index is 13.0. The van der Waals surface area contributed by atoms with Crippen LogP contribution >= 0.6 is 15.9 Å². The molecule has 0 aliphatic heterocycles. The molecule has 7 heteroatoms. The van der Waals surface area contributed by atoms with Crippen LogP contribution in [-0.4, -0.2) is 27.8 Å². The summed E-state index contributed by atoms with van der Waals surface area (Å²) in [5, 5.41) is 3.16. The third-order valence-corrected chi connectivity index (χ3v) is 3.54. The van der Waals surface area contributed by atoms with Crippen LogP contribution in [0.3, 0.4) is 0 Å². The van der Waals surface area contributed by atoms with Crippen molar-refractivity contribution in [2.24, 2.45) is 0 Å². The minimum absolute atomic E-state index is 0.281. The van der Waals surface area contributed by atoms with Gasteiger partial charge in [-0.3, -0.25) is 0 Å². The van der Waals surface area contributed by atoms with E-state index in [2.05, 4.69) is 26.0 Å². The lowest BCUT2D eigenvalue weighted by Gasteiger charge is -2.06. The van der Waals surface area contributed by atoms with Crippen molar-refractivity contribution in [3.05, 3.63) is 34.1 Å². The highest BCUT2D eigenvalue weighted by atomic mass is 79.9. The monoisotopic (exact) mass is 338 g/mol. The predicted molar refractivity (Wildman–Crippen MR) is 73.3 cm³/mol. The normalized spacial score (nSPS) is 11.7. The van der Waals surface area contributed by atoms with E-state index >= 15 is 0 Å². The van der Waals surface area contributed by atoms with Gasteiger partial charge in [-0.25, -0.2) is 17.5 Å². The van der Waals surface area contributed by atoms with Crippen LogP contribution in [0.1, 0.15) is 12.0 Å². The van der Waals surface area contributed by atoms with Gasteiger partial charge in [0.15, 0.2) is 0 Å². The van der Waals surface area contributed by atoms with E-state index in [1.54, 1.807) is 12.1 Å². The summed E-state index contributed by atoms with van der Waals surface area (Å²) in [4.78, 5) is 0. The number of rotatable bonds is 7. The van der Waals surface area contributed by atoms with Crippen LogP contribution in [0.5, 0.6) is 0 Å². The van der Waals surface area contributed by atoms with Gasteiger partial charge in [0.2, 0.25) is 10.0 Å². The van der Waals surface area contributed by atoms with E-state index in [4.69, 9.17) is 0 Å². The molecule has 1 rings (SSSR count). The highest BCUT2D eigenvalue weighted by molar-refractivity contribution is 9.10. The van der Waals surface area contributed by atoms with E-state index in [1.165, 1.54) is 6.07 Å². The summed E-state index contributed by atoms with van der Waals surface area (Å²) in [7, 11) is -3.10. The van der Waals surface area contributed by atoms with Crippen molar-refractivity contribution in [2.75, 3.05) is 19.3 Å². The van der Waals surface area contributed by atoms with Crippen molar-refractivity contribution >= 4 is 26.0 Å². The Labute approximate surface area is 115 Å². The molecular formula is C11H16BrFN2O2S. The zero-order valence-electron chi connectivity index (χ0n) is 10.0. The fourth-order valence-corrected chi connectivity index (χ4v) is 2.29. The van der Waals surface area contributed by atoms with Crippen molar-refractivity contribution < 1.29 is 12.8 Å². The topological polar surface area (TPSA) is 58.2 Å². The average molecular weight is 339 g/mol. The van der Waals surface area contributed by atoms with Gasteiger partial charge in [-0.15, -0.1) is 0 Å². The minimum atomic E-state index is -3.10. The maximum Gasteiger partial charge on any atom is 0.208 e. The summed E-state index contributed by atoms with van der Waals surface area (Å²) in [5.74, 6) is -0.281. The first kappa shape index (κ1) is 15.6. The number of benzene rings is 1. The van der Waals surface area contributed by atoms with E-state index in [0.29, 0.717) is 30.5 Å². The molecule has 0 saturated carbocycles. The summed E-state index contributed by atoms with van der Waals surface area (Å²) in [6.07, 6.45) is 1.84. The number of nitrogens with one attached hydrogen (secondary N) is 2. The van der Waals surface area contributed by atoms with E-state index in [9.17, 15) is 12.8 Å². The molecule has 2 N–H and O–H groups in total. The van der Waals surface area contributed by atoms with Crippen molar-refractivity contribution in [3.63, 3.8) is 0 Å². The van der Waals surface area contributed by atoms with Crippen LogP contribution in [0.15, 0.2) is 22.7 Å². The van der Waals surface area contributed by atoms with Gasteiger partial charge in [-0.05, 0) is 46.6 Å². The Balaban J connectivity index is 2.20. The van der Waals surface area contributed by atoms with Gasteiger partial charge in [0.25, 0.3) is 0 Å². The van der Waals surface area contributed by atoms with Gasteiger partial charge in [0.05, 0.1) is 10.7 Å². The summed E-state index contributed by atoms with van der Waals surface area (Å²) in [6.45, 7) is 1.73. The molecule has 0 heterocycles. The Morgan fingerprint density at radius 3 is 2.67 bits per heavy atom. The molecule has 102 valence electrons. The average Bonchev–Trinajstić information content (AvgIpc) is 2.26. The van der Waals surface area contributed by atoms with Crippen LogP contribution in [-0.2, 0) is 16.6 Å². The van der Waals surface area contributed by atoms with Crippen LogP contribution < -0.4 is 10.0 Å². The van der Waals surface area contributed by atoms with E-state index in [1.807, 2.05) is 0 Å². The largest absolute Gasteiger partial charge is 0.313 e. The van der Waals surface area contributed by atoms with E-state index in [-0.39, 0.29) is 5.82 Å². The second kappa shape index (κ2) is 7.18. The molecule has 0 aliphatic carbocycles. The summed E-state index contributed by atoms with van der Waals surface area (Å²) < 4.78 is 37.4. The molecule has 0 atom stereocenters. The Morgan fingerprint density at radius 2 is 2.06 bits per heavy atom. The molecule has 0 aromatic heterocycles. The molecule has 18 heavy (non-hydrogen) atoms. The number of hydrogen-bond donors (Lipinski definition) is 2. The molecule has 0 amide bonds. The highest BCUT2D eigenvalue weighted by Gasteiger charge is 2.01. The van der Waals surface area contributed by atoms with Crippen molar-refractivity contribution in [2.45, 2.75) is 13.0 Å². The molecule has 0 saturated heterocycles. The fourth-order valence-electron chi connectivity index (χ4n) is 1.35. The second-order valence-corrected chi connectivity index (χ2v) is 6.63. The zero-order chi connectivity index (χ0) is 13.6. The lowest BCUT2D eigenvalue weighted by atomic mass is 10.2. The van der Waals surface area contributed by atoms with Gasteiger partial charge in [0, 0.05) is 13.1 Å². The molecule has 0 bridgehead atoms. The molecule has 1 aromatic rings. The highest BCUT2D eigenvalue weighted by Crippen LogP contribution is 2.16. The SMILES string of the molecule is CS(=O)(=O)NCCCNCc1ccc(F)c(Br)c1. The Kier molecular flexibility index (Phi) is 6.20. The predicted octanol–water partition coefficient (Wildman–Crippen LogP) is 1.62. The number of hydrogen-bond acceptors (Lipinski definition) is 3. The molecule has 0 spiro atoms. The van der Waals surface area contributed by atoms with E-state index < -0.39 is 10.0 Å². The molecule has 4 nitrogen and oxygen atoms in total. The molecule has 0 radical (unpaired) electrons. The van der Waals surface area contributed by atoms with Gasteiger partial charge in [-0.1, -0.05) is 6.07 Å². The van der Waals surface area contributed by atoms with Crippen LogP contribution in [0.25, 0.3) is 0 Å². The molecule has 1 aromatic carbocycles. The summed E-state index contributed by atoms with van der Waals surface area (Å²) >= 11 is 3.12. The zero-order valence-corrected chi connectivity index (χ0v) is 12.4. The minimum Gasteiger partial charge on any atom is -0.313 e. The Hall–Kier alpha value is -0.500. The van der Waals surface area contributed by atoms with Gasteiger partial charge in [0.1, 0.15) is 5.82 Å². The first-order valence-electron chi connectivity index (χ1n) is 5.48. The smallest absolute Gasteiger partial charge is 0.208 e. The van der Waals surface area contributed by atoms with Crippen LogP contribution in [0.4, 0.5) is 4.39 Å². The number of sulfonamides is 1. The van der Waals surface area contributed by atoms with Gasteiger partial charge in [-0.2, -0.15) is 0 Å². The van der Waals surface area contributed by atoms with Gasteiger partial charge >= 0.3 is 0 Å². The van der Waals surface area contributed by atoms with Gasteiger partial charge < -0.3 is 5.32 Å². The first-order valence-corrected chi connectivity index (χ1v) is 8.16. The standard InChI is InChI=1S/C11H16BrFN2O2S/c1-18(16,17)15-6-2-5-14-8-9-3-4-11(13)10(12)7-9/h3-4,7,14-15H,2,5-6,8H2,1H3. The molecule has 0 aliphatic rings. The van der Waals surface area contributed by atoms with Crippen molar-refractivity contribution in [1.29, 1.82) is 0 Å². The third-order valence-electron chi connectivity index (χ3n) is 2.21. The van der Waals surface area contributed by atoms with Crippen LogP contribution in [0, 0.1) is 5.82 Å². The molecule has 0 fully saturated rings. The Bertz CT molecular complexity index is 494. The molecular weight excluding hydrogens is 323 g/mol.